The molecule has 7 nitrogen and oxygen atoms in total. The number of alkyl carbamates (subject to hydrolysis) is 1. The number of amides is 1. The number of carbonyl (C=O) groups excluding carboxylic acids is 2. The van der Waals surface area contributed by atoms with Crippen molar-refractivity contribution in [3.05, 3.63) is 0 Å². The average Bonchev–Trinajstić information content (AvgIpc) is 2.79. The summed E-state index contributed by atoms with van der Waals surface area (Å²) < 4.78 is 10.6. The summed E-state index contributed by atoms with van der Waals surface area (Å²) >= 11 is 0. The van der Waals surface area contributed by atoms with Crippen molar-refractivity contribution in [3.8, 4) is 0 Å². The molecule has 0 spiro atoms. The molecule has 1 amide bonds. The molecular formula is C27H56N2O5Si. The van der Waals surface area contributed by atoms with Crippen LogP contribution in [0.15, 0.2) is 0 Å². The van der Waals surface area contributed by atoms with E-state index in [1.54, 1.807) is 0 Å². The number of nitrogens with one attached hydrogen (secondary N) is 1. The van der Waals surface area contributed by atoms with Crippen LogP contribution in [-0.4, -0.2) is 76.1 Å². The van der Waals surface area contributed by atoms with Gasteiger partial charge in [0.25, 0.3) is 0 Å². The molecule has 0 aliphatic rings. The normalized spacial score (nSPS) is 11.6. The van der Waals surface area contributed by atoms with Crippen LogP contribution in [0.4, 0.5) is 4.79 Å². The lowest BCUT2D eigenvalue weighted by Crippen LogP contribution is -2.37. The van der Waals surface area contributed by atoms with Gasteiger partial charge in [0.05, 0.1) is 19.8 Å². The summed E-state index contributed by atoms with van der Waals surface area (Å²) in [6.45, 7) is 12.9. The van der Waals surface area contributed by atoms with Crippen molar-refractivity contribution in [3.63, 3.8) is 0 Å². The maximum Gasteiger partial charge on any atom is 0.407 e. The summed E-state index contributed by atoms with van der Waals surface area (Å²) in [7, 11) is -1.19. The van der Waals surface area contributed by atoms with Gasteiger partial charge in [-0.25, -0.2) is 4.79 Å². The van der Waals surface area contributed by atoms with Gasteiger partial charge in [-0.15, -0.1) is 0 Å². The minimum Gasteiger partial charge on any atom is -0.466 e. The minimum atomic E-state index is -1.19. The number of aliphatic hydroxyl groups excluding tert-OH is 1. The van der Waals surface area contributed by atoms with Gasteiger partial charge >= 0.3 is 12.1 Å². The maximum absolute atomic E-state index is 11.8. The number of esters is 1. The van der Waals surface area contributed by atoms with Crippen LogP contribution in [0.25, 0.3) is 0 Å². The fourth-order valence-corrected chi connectivity index (χ4v) is 4.46. The van der Waals surface area contributed by atoms with Crippen molar-refractivity contribution >= 4 is 20.1 Å². The highest BCUT2D eigenvalue weighted by molar-refractivity contribution is 6.76. The average molecular weight is 517 g/mol. The van der Waals surface area contributed by atoms with Gasteiger partial charge in [0.2, 0.25) is 0 Å². The molecule has 0 fully saturated rings. The Kier molecular flexibility index (Phi) is 22.5. The number of hydrogen-bond acceptors (Lipinski definition) is 6. The molecule has 35 heavy (non-hydrogen) atoms. The molecule has 0 saturated heterocycles. The summed E-state index contributed by atoms with van der Waals surface area (Å²) in [6, 6.07) is 0.970. The topological polar surface area (TPSA) is 88.1 Å². The maximum atomic E-state index is 11.8. The van der Waals surface area contributed by atoms with Crippen LogP contribution in [0.3, 0.4) is 0 Å². The molecule has 2 N–H and O–H groups in total. The van der Waals surface area contributed by atoms with Crippen molar-refractivity contribution in [2.45, 2.75) is 116 Å². The minimum absolute atomic E-state index is 0.0587. The monoisotopic (exact) mass is 516 g/mol. The van der Waals surface area contributed by atoms with Gasteiger partial charge in [-0.2, -0.15) is 0 Å². The second-order valence-corrected chi connectivity index (χ2v) is 16.4. The van der Waals surface area contributed by atoms with Gasteiger partial charge in [0.15, 0.2) is 0 Å². The predicted octanol–water partition coefficient (Wildman–Crippen LogP) is 5.98. The molecule has 0 atom stereocenters. The van der Waals surface area contributed by atoms with Gasteiger partial charge < -0.3 is 19.9 Å². The fourth-order valence-electron chi connectivity index (χ4n) is 3.75. The molecule has 0 rings (SSSR count). The van der Waals surface area contributed by atoms with E-state index in [9.17, 15) is 14.7 Å². The smallest absolute Gasteiger partial charge is 0.407 e. The van der Waals surface area contributed by atoms with Crippen LogP contribution in [0.2, 0.25) is 25.7 Å². The summed E-state index contributed by atoms with van der Waals surface area (Å²) in [5.74, 6) is -0.0587. The van der Waals surface area contributed by atoms with E-state index < -0.39 is 8.07 Å². The molecule has 0 bridgehead atoms. The van der Waals surface area contributed by atoms with Crippen LogP contribution in [-0.2, 0) is 14.3 Å². The summed E-state index contributed by atoms with van der Waals surface area (Å²) in [4.78, 5) is 25.8. The van der Waals surface area contributed by atoms with Crippen molar-refractivity contribution in [1.29, 1.82) is 0 Å². The molecule has 0 saturated carbocycles. The van der Waals surface area contributed by atoms with E-state index in [4.69, 9.17) is 9.47 Å². The Morgan fingerprint density at radius 1 is 0.771 bits per heavy atom. The van der Waals surface area contributed by atoms with Gasteiger partial charge in [0.1, 0.15) is 0 Å². The number of unbranched alkanes of at least 4 members (excludes halogenated alkanes) is 10. The molecule has 0 aromatic heterocycles. The number of hydrogen-bond donors (Lipinski definition) is 2. The first kappa shape index (κ1) is 33.9. The number of rotatable bonds is 24. The number of nitrogens with zero attached hydrogens (tertiary/aromatic N) is 1. The highest BCUT2D eigenvalue weighted by Crippen LogP contribution is 2.10. The van der Waals surface area contributed by atoms with Crippen molar-refractivity contribution < 1.29 is 24.2 Å². The van der Waals surface area contributed by atoms with E-state index in [0.717, 1.165) is 57.5 Å². The third kappa shape index (κ3) is 25.8. The highest BCUT2D eigenvalue weighted by atomic mass is 28.3. The Balaban J connectivity index is 3.64. The van der Waals surface area contributed by atoms with Crippen molar-refractivity contribution in [1.82, 2.24) is 10.2 Å². The molecule has 0 aromatic rings. The lowest BCUT2D eigenvalue weighted by Gasteiger charge is -2.21. The highest BCUT2D eigenvalue weighted by Gasteiger charge is 2.14. The van der Waals surface area contributed by atoms with E-state index >= 15 is 0 Å². The van der Waals surface area contributed by atoms with Crippen molar-refractivity contribution in [2.75, 3.05) is 46.0 Å². The lowest BCUT2D eigenvalue weighted by atomic mass is 10.1. The molecule has 0 radical (unpaired) electrons. The van der Waals surface area contributed by atoms with Crippen molar-refractivity contribution in [2.24, 2.45) is 0 Å². The number of ether oxygens (including phenoxy) is 2. The first-order chi connectivity index (χ1) is 16.8. The Bertz CT molecular complexity index is 514. The van der Waals surface area contributed by atoms with Gasteiger partial charge in [-0.1, -0.05) is 84.4 Å². The van der Waals surface area contributed by atoms with E-state index in [0.29, 0.717) is 39.3 Å². The molecular weight excluding hydrogens is 460 g/mol. The standard InChI is InChI=1S/C27H56N2O5Si/c1-5-6-7-8-9-13-16-23-33-26(31)17-14-11-10-12-15-19-29(21-22-30)20-18-28-27(32)34-24-25-35(2,3)4/h30H,5-25H2,1-4H3,(H,28,32). The number of aliphatic hydroxyl groups is 1. The first-order valence-electron chi connectivity index (χ1n) is 14.2. The molecule has 208 valence electrons. The Morgan fingerprint density at radius 3 is 2.06 bits per heavy atom. The van der Waals surface area contributed by atoms with Gasteiger partial charge in [-0.3, -0.25) is 9.69 Å². The molecule has 0 aliphatic carbocycles. The van der Waals surface area contributed by atoms with E-state index in [-0.39, 0.29) is 18.7 Å². The zero-order valence-corrected chi connectivity index (χ0v) is 24.4. The third-order valence-corrected chi connectivity index (χ3v) is 7.77. The zero-order chi connectivity index (χ0) is 26.2. The fraction of sp³-hybridized carbons (Fsp3) is 0.926. The SMILES string of the molecule is CCCCCCCCCOC(=O)CCCCCCCN(CCO)CCNC(=O)OCC[Si](C)(C)C. The Morgan fingerprint density at radius 2 is 1.40 bits per heavy atom. The van der Waals surface area contributed by atoms with Gasteiger partial charge in [0, 0.05) is 34.1 Å². The molecule has 0 unspecified atom stereocenters. The first-order valence-corrected chi connectivity index (χ1v) is 17.9. The van der Waals surface area contributed by atoms with E-state index in [1.165, 1.54) is 32.1 Å². The number of carbonyl (C=O) groups is 2. The quantitative estimate of drug-likeness (QED) is 0.0932. The van der Waals surface area contributed by atoms with Gasteiger partial charge in [-0.05, 0) is 31.9 Å². The zero-order valence-electron chi connectivity index (χ0n) is 23.4. The molecule has 8 heteroatoms. The summed E-state index contributed by atoms with van der Waals surface area (Å²) in [6.07, 6.45) is 13.9. The second kappa shape index (κ2) is 23.3. The van der Waals surface area contributed by atoms with Crippen LogP contribution in [0.1, 0.15) is 90.4 Å². The summed E-state index contributed by atoms with van der Waals surface area (Å²) in [5, 5.41) is 12.1. The van der Waals surface area contributed by atoms with Crippen LogP contribution < -0.4 is 5.32 Å². The van der Waals surface area contributed by atoms with Crippen LogP contribution >= 0.6 is 0 Å². The van der Waals surface area contributed by atoms with E-state index in [2.05, 4.69) is 36.8 Å². The predicted molar refractivity (Wildman–Crippen MR) is 148 cm³/mol. The molecule has 0 aliphatic heterocycles. The van der Waals surface area contributed by atoms with Crippen LogP contribution in [0.5, 0.6) is 0 Å². The second-order valence-electron chi connectivity index (χ2n) is 10.8. The van der Waals surface area contributed by atoms with E-state index in [1.807, 2.05) is 0 Å². The molecule has 0 aromatic carbocycles. The lowest BCUT2D eigenvalue weighted by molar-refractivity contribution is -0.143. The Labute approximate surface area is 216 Å². The third-order valence-electron chi connectivity index (χ3n) is 6.06. The summed E-state index contributed by atoms with van der Waals surface area (Å²) in [5.41, 5.74) is 0. The largest absolute Gasteiger partial charge is 0.466 e. The van der Waals surface area contributed by atoms with Crippen LogP contribution in [0, 0.1) is 0 Å². The Hall–Kier alpha value is -1.12. The molecule has 0 heterocycles.